The van der Waals surface area contributed by atoms with Crippen LogP contribution < -0.4 is 0 Å². The summed E-state index contributed by atoms with van der Waals surface area (Å²) in [7, 11) is 0. The Morgan fingerprint density at radius 2 is 1.95 bits per heavy atom. The first-order chi connectivity index (χ1) is 9.95. The van der Waals surface area contributed by atoms with E-state index in [9.17, 15) is 14.4 Å². The predicted octanol–water partition coefficient (Wildman–Crippen LogP) is 1.07. The molecule has 6 nitrogen and oxygen atoms in total. The SMILES string of the molecule is CC(C)C(=O)OCC(=O)OC1C2CC3CC(C2)C1OC3=O. The van der Waals surface area contributed by atoms with Gasteiger partial charge in [0.25, 0.3) is 0 Å². The van der Waals surface area contributed by atoms with Gasteiger partial charge in [-0.1, -0.05) is 13.8 Å². The molecule has 0 radical (unpaired) electrons. The Labute approximate surface area is 123 Å². The van der Waals surface area contributed by atoms with E-state index in [0.717, 1.165) is 19.3 Å². The van der Waals surface area contributed by atoms with Crippen molar-refractivity contribution in [1.82, 2.24) is 0 Å². The van der Waals surface area contributed by atoms with Crippen LogP contribution in [0.5, 0.6) is 0 Å². The van der Waals surface area contributed by atoms with Crippen LogP contribution in [0.25, 0.3) is 0 Å². The highest BCUT2D eigenvalue weighted by Gasteiger charge is 2.57. The third-order valence-electron chi connectivity index (χ3n) is 4.69. The Morgan fingerprint density at radius 1 is 1.24 bits per heavy atom. The van der Waals surface area contributed by atoms with Crippen LogP contribution >= 0.6 is 0 Å². The second kappa shape index (κ2) is 5.31. The molecule has 0 aromatic rings. The fraction of sp³-hybridized carbons (Fsp3) is 0.800. The van der Waals surface area contributed by atoms with Crippen molar-refractivity contribution in [3.05, 3.63) is 0 Å². The topological polar surface area (TPSA) is 78.9 Å². The van der Waals surface area contributed by atoms with Crippen molar-refractivity contribution in [3.8, 4) is 0 Å². The van der Waals surface area contributed by atoms with Gasteiger partial charge in [0.05, 0.1) is 11.8 Å². The molecule has 1 saturated heterocycles. The fourth-order valence-electron chi connectivity index (χ4n) is 3.71. The zero-order chi connectivity index (χ0) is 15.1. The number of ether oxygens (including phenoxy) is 3. The maximum atomic E-state index is 11.8. The van der Waals surface area contributed by atoms with Gasteiger partial charge in [-0.3, -0.25) is 9.59 Å². The maximum Gasteiger partial charge on any atom is 0.344 e. The van der Waals surface area contributed by atoms with Crippen molar-refractivity contribution in [3.63, 3.8) is 0 Å². The summed E-state index contributed by atoms with van der Waals surface area (Å²) >= 11 is 0. The quantitative estimate of drug-likeness (QED) is 0.570. The molecule has 5 unspecified atom stereocenters. The standard InChI is InChI=1S/C15H20O6/c1-7(2)14(17)19-6-11(16)20-12-8-3-9-5-10(4-8)15(18)21-13(9)12/h7-10,12-13H,3-6H2,1-2H3. The molecule has 3 aliphatic rings. The maximum absolute atomic E-state index is 11.8. The van der Waals surface area contributed by atoms with Crippen molar-refractivity contribution in [2.45, 2.75) is 45.3 Å². The number of hydrogen-bond acceptors (Lipinski definition) is 6. The monoisotopic (exact) mass is 296 g/mol. The number of rotatable bonds is 4. The number of carbonyl (C=O) groups is 3. The molecule has 0 N–H and O–H groups in total. The molecule has 1 heterocycles. The zero-order valence-electron chi connectivity index (χ0n) is 12.2. The van der Waals surface area contributed by atoms with Gasteiger partial charge in [-0.25, -0.2) is 4.79 Å². The van der Waals surface area contributed by atoms with E-state index in [4.69, 9.17) is 14.2 Å². The summed E-state index contributed by atoms with van der Waals surface area (Å²) in [5.41, 5.74) is 0. The summed E-state index contributed by atoms with van der Waals surface area (Å²) in [6.45, 7) is 3.02. The van der Waals surface area contributed by atoms with E-state index in [-0.39, 0.29) is 42.5 Å². The van der Waals surface area contributed by atoms with Crippen molar-refractivity contribution in [2.75, 3.05) is 6.61 Å². The molecule has 2 saturated carbocycles. The van der Waals surface area contributed by atoms with Gasteiger partial charge in [0.15, 0.2) is 6.61 Å². The normalized spacial score (nSPS) is 36.5. The summed E-state index contributed by atoms with van der Waals surface area (Å²) in [6, 6.07) is 0. The fourth-order valence-corrected chi connectivity index (χ4v) is 3.71. The average molecular weight is 296 g/mol. The van der Waals surface area contributed by atoms with Crippen molar-refractivity contribution >= 4 is 17.9 Å². The van der Waals surface area contributed by atoms with E-state index in [1.165, 1.54) is 0 Å². The molecule has 21 heavy (non-hydrogen) atoms. The third kappa shape index (κ3) is 2.63. The predicted molar refractivity (Wildman–Crippen MR) is 69.9 cm³/mol. The highest BCUT2D eigenvalue weighted by atomic mass is 16.6. The molecule has 3 fully saturated rings. The van der Waals surface area contributed by atoms with E-state index in [0.29, 0.717) is 5.92 Å². The molecule has 0 aromatic carbocycles. The van der Waals surface area contributed by atoms with Gasteiger partial charge in [-0.15, -0.1) is 0 Å². The van der Waals surface area contributed by atoms with Gasteiger partial charge >= 0.3 is 17.9 Å². The molecule has 6 heteroatoms. The summed E-state index contributed by atoms with van der Waals surface area (Å²) in [4.78, 5) is 34.9. The molecule has 3 bridgehead atoms. The van der Waals surface area contributed by atoms with Crippen LogP contribution in [0, 0.1) is 23.7 Å². The minimum Gasteiger partial charge on any atom is -0.458 e. The van der Waals surface area contributed by atoms with Crippen LogP contribution in [-0.2, 0) is 28.6 Å². The molecule has 5 atom stereocenters. The lowest BCUT2D eigenvalue weighted by molar-refractivity contribution is -0.177. The Hall–Kier alpha value is -1.59. The minimum absolute atomic E-state index is 0.0347. The van der Waals surface area contributed by atoms with Gasteiger partial charge in [0.1, 0.15) is 12.2 Å². The van der Waals surface area contributed by atoms with Crippen molar-refractivity contribution < 1.29 is 28.6 Å². The summed E-state index contributed by atoms with van der Waals surface area (Å²) in [5, 5.41) is 0. The van der Waals surface area contributed by atoms with Crippen LogP contribution in [0.4, 0.5) is 0 Å². The van der Waals surface area contributed by atoms with Gasteiger partial charge in [-0.2, -0.15) is 0 Å². The lowest BCUT2D eigenvalue weighted by atomic mass is 9.79. The first-order valence-electron chi connectivity index (χ1n) is 7.52. The average Bonchev–Trinajstić information content (AvgIpc) is 2.61. The van der Waals surface area contributed by atoms with Crippen LogP contribution in [0.15, 0.2) is 0 Å². The van der Waals surface area contributed by atoms with E-state index in [1.807, 2.05) is 0 Å². The minimum atomic E-state index is -0.568. The van der Waals surface area contributed by atoms with Gasteiger partial charge in [-0.05, 0) is 19.3 Å². The molecule has 1 aliphatic heterocycles. The Balaban J connectivity index is 1.57. The van der Waals surface area contributed by atoms with Crippen molar-refractivity contribution in [1.29, 1.82) is 0 Å². The highest BCUT2D eigenvalue weighted by molar-refractivity contribution is 5.78. The zero-order valence-corrected chi connectivity index (χ0v) is 12.2. The number of carbonyl (C=O) groups excluding carboxylic acids is 3. The summed E-state index contributed by atoms with van der Waals surface area (Å²) < 4.78 is 15.7. The van der Waals surface area contributed by atoms with E-state index >= 15 is 0 Å². The van der Waals surface area contributed by atoms with Crippen LogP contribution in [0.1, 0.15) is 33.1 Å². The first kappa shape index (κ1) is 14.4. The number of esters is 3. The Morgan fingerprint density at radius 3 is 2.67 bits per heavy atom. The van der Waals surface area contributed by atoms with Crippen LogP contribution in [-0.4, -0.2) is 36.7 Å². The van der Waals surface area contributed by atoms with Gasteiger partial charge < -0.3 is 14.2 Å². The summed E-state index contributed by atoms with van der Waals surface area (Å²) in [6.07, 6.45) is 1.83. The largest absolute Gasteiger partial charge is 0.458 e. The lowest BCUT2D eigenvalue weighted by Crippen LogP contribution is -2.39. The molecule has 0 amide bonds. The van der Waals surface area contributed by atoms with E-state index in [2.05, 4.69) is 0 Å². The molecule has 0 spiro atoms. The molecule has 0 aromatic heterocycles. The molecule has 3 rings (SSSR count). The highest BCUT2D eigenvalue weighted by Crippen LogP contribution is 2.51. The Bertz CT molecular complexity index is 471. The second-order valence-corrected chi connectivity index (χ2v) is 6.54. The molecular weight excluding hydrogens is 276 g/mol. The van der Waals surface area contributed by atoms with Gasteiger partial charge in [0.2, 0.25) is 0 Å². The van der Waals surface area contributed by atoms with Crippen LogP contribution in [0.3, 0.4) is 0 Å². The second-order valence-electron chi connectivity index (χ2n) is 6.54. The number of fused-ring (bicyclic) bond motifs is 2. The smallest absolute Gasteiger partial charge is 0.344 e. The lowest BCUT2D eigenvalue weighted by Gasteiger charge is -2.32. The molecule has 116 valence electrons. The third-order valence-corrected chi connectivity index (χ3v) is 4.69. The molecule has 2 aliphatic carbocycles. The van der Waals surface area contributed by atoms with Crippen molar-refractivity contribution in [2.24, 2.45) is 23.7 Å². The molecular formula is C15H20O6. The van der Waals surface area contributed by atoms with Crippen LogP contribution in [0.2, 0.25) is 0 Å². The number of hydrogen-bond donors (Lipinski definition) is 0. The van der Waals surface area contributed by atoms with E-state index < -0.39 is 11.9 Å². The van der Waals surface area contributed by atoms with Gasteiger partial charge in [0, 0.05) is 11.8 Å². The summed E-state index contributed by atoms with van der Waals surface area (Å²) in [5.74, 6) is -0.971. The van der Waals surface area contributed by atoms with E-state index in [1.54, 1.807) is 13.8 Å². The first-order valence-corrected chi connectivity index (χ1v) is 7.52. The Kier molecular flexibility index (Phi) is 3.63.